The molecular formula is C22H29BrN4O2. The Labute approximate surface area is 181 Å². The minimum Gasteiger partial charge on any atom is -0.353 e. The summed E-state index contributed by atoms with van der Waals surface area (Å²) in [6, 6.07) is 11.0. The first-order valence-electron chi connectivity index (χ1n) is 9.61. The fraction of sp³-hybridized carbons (Fsp3) is 0.364. The van der Waals surface area contributed by atoms with E-state index >= 15 is 0 Å². The fourth-order valence-corrected chi connectivity index (χ4v) is 3.33. The summed E-state index contributed by atoms with van der Waals surface area (Å²) >= 11 is 3.42. The third-order valence-electron chi connectivity index (χ3n) is 4.42. The number of anilines is 1. The van der Waals surface area contributed by atoms with Crippen molar-refractivity contribution in [1.82, 2.24) is 14.4 Å². The summed E-state index contributed by atoms with van der Waals surface area (Å²) in [6.45, 7) is 9.27. The van der Waals surface area contributed by atoms with Gasteiger partial charge >= 0.3 is 6.03 Å². The molecule has 0 aliphatic carbocycles. The quantitative estimate of drug-likeness (QED) is 0.560. The van der Waals surface area contributed by atoms with Crippen molar-refractivity contribution in [3.8, 4) is 0 Å². The van der Waals surface area contributed by atoms with Gasteiger partial charge in [-0.1, -0.05) is 32.1 Å². The standard InChI is InChI=1S/C22H29BrN4O2/c1-5-12-26(22(29)24-20-11-7-6-10-19(20)23)16-21(28)27(14-17(2)3)15-18-9-8-13-25(18)4/h5-11,13,17H,1,12,14-16H2,2-4H3,(H,24,29). The second kappa shape index (κ2) is 10.9. The number of amides is 3. The van der Waals surface area contributed by atoms with Gasteiger partial charge in [-0.2, -0.15) is 0 Å². The van der Waals surface area contributed by atoms with Crippen LogP contribution in [-0.4, -0.2) is 45.9 Å². The molecule has 1 aromatic carbocycles. The van der Waals surface area contributed by atoms with E-state index in [1.165, 1.54) is 4.90 Å². The Morgan fingerprint density at radius 3 is 2.52 bits per heavy atom. The van der Waals surface area contributed by atoms with Gasteiger partial charge < -0.3 is 19.7 Å². The van der Waals surface area contributed by atoms with Crippen molar-refractivity contribution in [2.75, 3.05) is 25.0 Å². The normalized spacial score (nSPS) is 10.7. The highest BCUT2D eigenvalue weighted by atomic mass is 79.9. The van der Waals surface area contributed by atoms with Crippen molar-refractivity contribution in [3.05, 3.63) is 65.4 Å². The number of halogens is 1. The van der Waals surface area contributed by atoms with E-state index in [0.29, 0.717) is 24.7 Å². The third-order valence-corrected chi connectivity index (χ3v) is 5.11. The van der Waals surface area contributed by atoms with Gasteiger partial charge in [0.25, 0.3) is 0 Å². The summed E-state index contributed by atoms with van der Waals surface area (Å²) in [7, 11) is 1.96. The molecule has 0 spiro atoms. The molecule has 1 aromatic heterocycles. The van der Waals surface area contributed by atoms with Crippen LogP contribution in [0.2, 0.25) is 0 Å². The molecule has 156 valence electrons. The number of nitrogens with zero attached hydrogens (tertiary/aromatic N) is 3. The molecule has 29 heavy (non-hydrogen) atoms. The lowest BCUT2D eigenvalue weighted by atomic mass is 10.2. The Kier molecular flexibility index (Phi) is 8.51. The smallest absolute Gasteiger partial charge is 0.322 e. The number of aromatic nitrogens is 1. The zero-order chi connectivity index (χ0) is 21.4. The molecule has 7 heteroatoms. The second-order valence-electron chi connectivity index (χ2n) is 7.36. The molecule has 2 rings (SSSR count). The summed E-state index contributed by atoms with van der Waals surface area (Å²) in [5.41, 5.74) is 1.70. The molecule has 3 amide bonds. The highest BCUT2D eigenvalue weighted by Gasteiger charge is 2.22. The topological polar surface area (TPSA) is 57.6 Å². The van der Waals surface area contributed by atoms with E-state index in [1.807, 2.05) is 53.0 Å². The highest BCUT2D eigenvalue weighted by molar-refractivity contribution is 9.10. The lowest BCUT2D eigenvalue weighted by Crippen LogP contribution is -2.45. The molecule has 0 saturated carbocycles. The van der Waals surface area contributed by atoms with Gasteiger partial charge in [0.05, 0.1) is 12.2 Å². The van der Waals surface area contributed by atoms with Crippen molar-refractivity contribution in [1.29, 1.82) is 0 Å². The molecule has 0 saturated heterocycles. The molecule has 0 unspecified atom stereocenters. The first-order chi connectivity index (χ1) is 13.8. The Morgan fingerprint density at radius 1 is 1.21 bits per heavy atom. The van der Waals surface area contributed by atoms with Crippen LogP contribution in [0, 0.1) is 5.92 Å². The van der Waals surface area contributed by atoms with Gasteiger partial charge in [0.1, 0.15) is 6.54 Å². The average molecular weight is 461 g/mol. The number of carbonyl (C=O) groups excluding carboxylic acids is 2. The van der Waals surface area contributed by atoms with E-state index in [4.69, 9.17) is 0 Å². The highest BCUT2D eigenvalue weighted by Crippen LogP contribution is 2.21. The number of urea groups is 1. The number of carbonyl (C=O) groups is 2. The molecule has 2 aromatic rings. The van der Waals surface area contributed by atoms with Crippen LogP contribution in [0.25, 0.3) is 0 Å². The van der Waals surface area contributed by atoms with Crippen LogP contribution in [0.1, 0.15) is 19.5 Å². The Morgan fingerprint density at radius 2 is 1.93 bits per heavy atom. The molecular weight excluding hydrogens is 432 g/mol. The molecule has 0 aliphatic rings. The molecule has 0 radical (unpaired) electrons. The molecule has 1 heterocycles. The zero-order valence-electron chi connectivity index (χ0n) is 17.3. The van der Waals surface area contributed by atoms with E-state index in [1.54, 1.807) is 12.1 Å². The molecule has 0 atom stereocenters. The summed E-state index contributed by atoms with van der Waals surface area (Å²) in [4.78, 5) is 29.1. The van der Waals surface area contributed by atoms with Crippen LogP contribution in [0.15, 0.2) is 59.7 Å². The van der Waals surface area contributed by atoms with E-state index in [-0.39, 0.29) is 25.0 Å². The lowest BCUT2D eigenvalue weighted by Gasteiger charge is -2.28. The number of benzene rings is 1. The van der Waals surface area contributed by atoms with Crippen LogP contribution in [0.5, 0.6) is 0 Å². The Balaban J connectivity index is 2.11. The Hall–Kier alpha value is -2.54. The summed E-state index contributed by atoms with van der Waals surface area (Å²) in [6.07, 6.45) is 3.58. The number of rotatable bonds is 9. The van der Waals surface area contributed by atoms with Gasteiger partial charge in [0.15, 0.2) is 0 Å². The van der Waals surface area contributed by atoms with Crippen molar-refractivity contribution in [2.45, 2.75) is 20.4 Å². The fourth-order valence-electron chi connectivity index (χ4n) is 2.95. The molecule has 0 fully saturated rings. The zero-order valence-corrected chi connectivity index (χ0v) is 18.9. The van der Waals surface area contributed by atoms with Crippen molar-refractivity contribution in [2.24, 2.45) is 13.0 Å². The van der Waals surface area contributed by atoms with E-state index in [0.717, 1.165) is 10.2 Å². The summed E-state index contributed by atoms with van der Waals surface area (Å²) < 4.78 is 2.78. The molecule has 0 bridgehead atoms. The Bertz CT molecular complexity index is 847. The number of nitrogens with one attached hydrogen (secondary N) is 1. The van der Waals surface area contributed by atoms with E-state index < -0.39 is 0 Å². The van der Waals surface area contributed by atoms with Crippen molar-refractivity contribution in [3.63, 3.8) is 0 Å². The van der Waals surface area contributed by atoms with Crippen LogP contribution < -0.4 is 5.32 Å². The maximum absolute atomic E-state index is 13.1. The second-order valence-corrected chi connectivity index (χ2v) is 8.21. The maximum atomic E-state index is 13.1. The SMILES string of the molecule is C=CCN(CC(=O)N(Cc1cccn1C)CC(C)C)C(=O)Nc1ccccc1Br. The number of hydrogen-bond acceptors (Lipinski definition) is 2. The number of aryl methyl sites for hydroxylation is 1. The summed E-state index contributed by atoms with van der Waals surface area (Å²) in [5, 5.41) is 2.85. The molecule has 6 nitrogen and oxygen atoms in total. The molecule has 0 aliphatic heterocycles. The minimum atomic E-state index is -0.339. The van der Waals surface area contributed by atoms with Gasteiger partial charge in [0, 0.05) is 36.5 Å². The first kappa shape index (κ1) is 22.7. The van der Waals surface area contributed by atoms with Crippen LogP contribution in [0.3, 0.4) is 0 Å². The van der Waals surface area contributed by atoms with Crippen molar-refractivity contribution < 1.29 is 9.59 Å². The number of hydrogen-bond donors (Lipinski definition) is 1. The molecule has 1 N–H and O–H groups in total. The van der Waals surface area contributed by atoms with Gasteiger partial charge in [-0.15, -0.1) is 6.58 Å². The monoisotopic (exact) mass is 460 g/mol. The lowest BCUT2D eigenvalue weighted by molar-refractivity contribution is -0.132. The largest absolute Gasteiger partial charge is 0.353 e. The van der Waals surface area contributed by atoms with E-state index in [9.17, 15) is 9.59 Å². The van der Waals surface area contributed by atoms with E-state index in [2.05, 4.69) is 41.7 Å². The maximum Gasteiger partial charge on any atom is 0.322 e. The predicted molar refractivity (Wildman–Crippen MR) is 121 cm³/mol. The predicted octanol–water partition coefficient (Wildman–Crippen LogP) is 4.49. The third kappa shape index (κ3) is 6.78. The van der Waals surface area contributed by atoms with Crippen molar-refractivity contribution >= 4 is 33.6 Å². The minimum absolute atomic E-state index is 0.0144. The van der Waals surface area contributed by atoms with Gasteiger partial charge in [0.2, 0.25) is 5.91 Å². The number of para-hydroxylation sites is 1. The van der Waals surface area contributed by atoms with Crippen LogP contribution in [0.4, 0.5) is 10.5 Å². The average Bonchev–Trinajstić information content (AvgIpc) is 3.07. The first-order valence-corrected chi connectivity index (χ1v) is 10.4. The van der Waals surface area contributed by atoms with Gasteiger partial charge in [-0.3, -0.25) is 4.79 Å². The van der Waals surface area contributed by atoms with Crippen LogP contribution >= 0.6 is 15.9 Å². The van der Waals surface area contributed by atoms with Crippen LogP contribution in [-0.2, 0) is 18.4 Å². The summed E-state index contributed by atoms with van der Waals surface area (Å²) in [5.74, 6) is 0.227. The van der Waals surface area contributed by atoms with Gasteiger partial charge in [-0.05, 0) is 46.1 Å². The van der Waals surface area contributed by atoms with Gasteiger partial charge in [-0.25, -0.2) is 4.79 Å².